The van der Waals surface area contributed by atoms with Crippen molar-refractivity contribution < 1.29 is 17.6 Å². The Labute approximate surface area is 141 Å². The van der Waals surface area contributed by atoms with Crippen molar-refractivity contribution in [3.63, 3.8) is 0 Å². The van der Waals surface area contributed by atoms with E-state index < -0.39 is 18.0 Å². The Balaban J connectivity index is 0.00000200. The van der Waals surface area contributed by atoms with E-state index in [-0.39, 0.29) is 47.9 Å². The minimum absolute atomic E-state index is 0. The first kappa shape index (κ1) is 20.9. The van der Waals surface area contributed by atoms with Gasteiger partial charge in [-0.3, -0.25) is 4.90 Å². The number of nitrogens with zero attached hydrogens (tertiary/aromatic N) is 1. The highest BCUT2D eigenvalue weighted by Gasteiger charge is 2.45. The molecule has 1 fully saturated rings. The zero-order chi connectivity index (χ0) is 14.0. The molecule has 0 spiro atoms. The van der Waals surface area contributed by atoms with Gasteiger partial charge in [0.25, 0.3) is 0 Å². The molecule has 1 N–H and O–H groups in total. The normalized spacial score (nSPS) is 17.6. The molecule has 1 saturated heterocycles. The number of benzene rings is 1. The second-order valence-electron chi connectivity index (χ2n) is 4.37. The lowest BCUT2D eigenvalue weighted by Crippen LogP contribution is -2.49. The van der Waals surface area contributed by atoms with E-state index in [9.17, 15) is 17.6 Å². The molecule has 1 atom stereocenters. The van der Waals surface area contributed by atoms with E-state index >= 15 is 0 Å². The van der Waals surface area contributed by atoms with Crippen LogP contribution in [0.4, 0.5) is 17.6 Å². The molecule has 21 heavy (non-hydrogen) atoms. The van der Waals surface area contributed by atoms with Crippen molar-refractivity contribution in [1.82, 2.24) is 10.2 Å². The van der Waals surface area contributed by atoms with E-state index in [1.165, 1.54) is 17.0 Å². The smallest absolute Gasteiger partial charge is 0.314 e. The van der Waals surface area contributed by atoms with Crippen LogP contribution in [-0.2, 0) is 0 Å². The number of nitrogens with one attached hydrogen (secondary N) is 1. The number of rotatable bonds is 2. The van der Waals surface area contributed by atoms with Crippen LogP contribution < -0.4 is 5.32 Å². The highest BCUT2D eigenvalue weighted by atomic mass is 79.9. The van der Waals surface area contributed by atoms with Crippen molar-refractivity contribution >= 4 is 40.7 Å². The Bertz CT molecular complexity index is 453. The third-order valence-electron chi connectivity index (χ3n) is 3.10. The Morgan fingerprint density at radius 3 is 2.24 bits per heavy atom. The van der Waals surface area contributed by atoms with E-state index in [1.54, 1.807) is 0 Å². The van der Waals surface area contributed by atoms with Crippen LogP contribution in [-0.4, -0.2) is 37.3 Å². The van der Waals surface area contributed by atoms with Crippen molar-refractivity contribution in [2.24, 2.45) is 0 Å². The van der Waals surface area contributed by atoms with Gasteiger partial charge in [0.05, 0.1) is 4.47 Å². The van der Waals surface area contributed by atoms with Gasteiger partial charge >= 0.3 is 6.18 Å². The van der Waals surface area contributed by atoms with Gasteiger partial charge in [0.15, 0.2) is 0 Å². The quantitative estimate of drug-likeness (QED) is 0.738. The van der Waals surface area contributed by atoms with Crippen molar-refractivity contribution in [2.45, 2.75) is 12.2 Å². The largest absolute Gasteiger partial charge is 0.408 e. The van der Waals surface area contributed by atoms with Crippen molar-refractivity contribution in [2.75, 3.05) is 26.2 Å². The molecular weight excluding hydrogens is 399 g/mol. The molecule has 0 aromatic heterocycles. The standard InChI is InChI=1S/C12H13BrF4N2.2ClH/c13-10-8(2-1-3-9(10)14)11(12(15,16)17)19-6-4-18-5-7-19;;/h1-3,11,18H,4-7H2;2*1H/t11-;;/m1../s1. The first-order valence-electron chi connectivity index (χ1n) is 5.86. The summed E-state index contributed by atoms with van der Waals surface area (Å²) in [7, 11) is 0. The van der Waals surface area contributed by atoms with Gasteiger partial charge in [-0.05, 0) is 27.6 Å². The van der Waals surface area contributed by atoms with Gasteiger partial charge in [0.2, 0.25) is 0 Å². The van der Waals surface area contributed by atoms with E-state index in [4.69, 9.17) is 0 Å². The first-order chi connectivity index (χ1) is 8.91. The molecule has 1 heterocycles. The molecule has 2 nitrogen and oxygen atoms in total. The van der Waals surface area contributed by atoms with Crippen LogP contribution in [0.25, 0.3) is 0 Å². The van der Waals surface area contributed by atoms with Gasteiger partial charge < -0.3 is 5.32 Å². The molecule has 9 heteroatoms. The van der Waals surface area contributed by atoms with E-state index in [1.807, 2.05) is 0 Å². The summed E-state index contributed by atoms with van der Waals surface area (Å²) in [5, 5.41) is 3.00. The number of hydrogen-bond donors (Lipinski definition) is 1. The molecule has 0 saturated carbocycles. The number of piperazine rings is 1. The van der Waals surface area contributed by atoms with Crippen molar-refractivity contribution in [1.29, 1.82) is 0 Å². The summed E-state index contributed by atoms with van der Waals surface area (Å²) >= 11 is 2.92. The van der Waals surface area contributed by atoms with Crippen molar-refractivity contribution in [3.8, 4) is 0 Å². The van der Waals surface area contributed by atoms with E-state index in [2.05, 4.69) is 21.2 Å². The van der Waals surface area contributed by atoms with Crippen LogP contribution >= 0.6 is 40.7 Å². The fourth-order valence-electron chi connectivity index (χ4n) is 2.25. The van der Waals surface area contributed by atoms with Gasteiger partial charge in [0, 0.05) is 26.2 Å². The van der Waals surface area contributed by atoms with E-state index in [0.717, 1.165) is 6.07 Å². The molecule has 2 rings (SSSR count). The predicted molar refractivity (Wildman–Crippen MR) is 81.8 cm³/mol. The average molecular weight is 414 g/mol. The van der Waals surface area contributed by atoms with Crippen LogP contribution in [0.5, 0.6) is 0 Å². The molecular formula is C12H15BrCl2F4N2. The fourth-order valence-corrected chi connectivity index (χ4v) is 2.73. The minimum Gasteiger partial charge on any atom is -0.314 e. The van der Waals surface area contributed by atoms with Gasteiger partial charge in [-0.15, -0.1) is 24.8 Å². The first-order valence-corrected chi connectivity index (χ1v) is 6.66. The topological polar surface area (TPSA) is 15.3 Å². The molecule has 1 aliphatic rings. The fraction of sp³-hybridized carbons (Fsp3) is 0.500. The predicted octanol–water partition coefficient (Wildman–Crippen LogP) is 3.94. The van der Waals surface area contributed by atoms with Gasteiger partial charge in [-0.2, -0.15) is 13.2 Å². The molecule has 0 radical (unpaired) electrons. The molecule has 0 aliphatic carbocycles. The zero-order valence-electron chi connectivity index (χ0n) is 10.8. The summed E-state index contributed by atoms with van der Waals surface area (Å²) in [4.78, 5) is 1.33. The summed E-state index contributed by atoms with van der Waals surface area (Å²) < 4.78 is 53.2. The maximum atomic E-state index is 13.4. The average Bonchev–Trinajstić information content (AvgIpc) is 2.35. The lowest BCUT2D eigenvalue weighted by atomic mass is 10.0. The summed E-state index contributed by atoms with van der Waals surface area (Å²) in [6, 6.07) is 1.97. The van der Waals surface area contributed by atoms with Gasteiger partial charge in [-0.25, -0.2) is 4.39 Å². The molecule has 122 valence electrons. The number of alkyl halides is 3. The highest BCUT2D eigenvalue weighted by molar-refractivity contribution is 9.10. The number of hydrogen-bond acceptors (Lipinski definition) is 2. The SMILES string of the molecule is Cl.Cl.Fc1cccc([C@@H](N2CCNCC2)C(F)(F)F)c1Br. The molecule has 0 unspecified atom stereocenters. The summed E-state index contributed by atoms with van der Waals surface area (Å²) in [6.07, 6.45) is -4.44. The maximum Gasteiger partial charge on any atom is 0.408 e. The second kappa shape index (κ2) is 8.53. The monoisotopic (exact) mass is 412 g/mol. The zero-order valence-corrected chi connectivity index (χ0v) is 14.0. The second-order valence-corrected chi connectivity index (χ2v) is 5.17. The summed E-state index contributed by atoms with van der Waals surface area (Å²) in [5.74, 6) is -0.679. The molecule has 1 aromatic rings. The Morgan fingerprint density at radius 2 is 1.71 bits per heavy atom. The van der Waals surface area contributed by atoms with Crippen LogP contribution in [0.1, 0.15) is 11.6 Å². The van der Waals surface area contributed by atoms with Crippen LogP contribution in [0, 0.1) is 5.82 Å². The van der Waals surface area contributed by atoms with Crippen LogP contribution in [0.15, 0.2) is 22.7 Å². The number of halogens is 7. The maximum absolute atomic E-state index is 13.4. The Hall–Kier alpha value is -0.0800. The molecule has 1 aromatic carbocycles. The molecule has 0 amide bonds. The Morgan fingerprint density at radius 1 is 1.14 bits per heavy atom. The van der Waals surface area contributed by atoms with Gasteiger partial charge in [-0.1, -0.05) is 12.1 Å². The van der Waals surface area contributed by atoms with Crippen LogP contribution in [0.3, 0.4) is 0 Å². The Kier molecular flexibility index (Phi) is 8.49. The lowest BCUT2D eigenvalue weighted by molar-refractivity contribution is -0.188. The third-order valence-corrected chi connectivity index (χ3v) is 3.94. The minimum atomic E-state index is -4.44. The van der Waals surface area contributed by atoms with E-state index in [0.29, 0.717) is 13.1 Å². The summed E-state index contributed by atoms with van der Waals surface area (Å²) in [6.45, 7) is 1.57. The lowest BCUT2D eigenvalue weighted by Gasteiger charge is -2.36. The van der Waals surface area contributed by atoms with Gasteiger partial charge in [0.1, 0.15) is 11.9 Å². The third kappa shape index (κ3) is 4.96. The summed E-state index contributed by atoms with van der Waals surface area (Å²) in [5.41, 5.74) is -0.0746. The highest BCUT2D eigenvalue weighted by Crippen LogP contribution is 2.41. The van der Waals surface area contributed by atoms with Crippen LogP contribution in [0.2, 0.25) is 0 Å². The molecule has 0 bridgehead atoms. The molecule has 1 aliphatic heterocycles. The van der Waals surface area contributed by atoms with Crippen molar-refractivity contribution in [3.05, 3.63) is 34.1 Å².